The van der Waals surface area contributed by atoms with Gasteiger partial charge in [0, 0.05) is 23.8 Å². The second-order valence-electron chi connectivity index (χ2n) is 6.86. The maximum atomic E-state index is 12.5. The summed E-state index contributed by atoms with van der Waals surface area (Å²) >= 11 is 0. The molecule has 0 aliphatic rings. The number of rotatable bonds is 5. The average Bonchev–Trinajstić information content (AvgIpc) is 2.66. The van der Waals surface area contributed by atoms with E-state index in [0.29, 0.717) is 17.4 Å². The van der Waals surface area contributed by atoms with Crippen molar-refractivity contribution in [2.24, 2.45) is 0 Å². The lowest BCUT2D eigenvalue weighted by Crippen LogP contribution is -2.14. The number of hydrogen-bond acceptors (Lipinski definition) is 4. The molecule has 0 atom stereocenters. The zero-order chi connectivity index (χ0) is 19.4. The summed E-state index contributed by atoms with van der Waals surface area (Å²) in [6.45, 7) is 8.30. The highest BCUT2D eigenvalue weighted by atomic mass is 16.1. The SMILES string of the molecule is Cc1cccc(Nc2ncc(C(=O)Nc3ccccc3C(C)C)cn2)c1C. The number of benzene rings is 2. The van der Waals surface area contributed by atoms with Crippen molar-refractivity contribution in [3.05, 3.63) is 77.1 Å². The van der Waals surface area contributed by atoms with Crippen LogP contribution in [0.4, 0.5) is 17.3 Å². The van der Waals surface area contributed by atoms with Crippen molar-refractivity contribution in [3.63, 3.8) is 0 Å². The van der Waals surface area contributed by atoms with Crippen molar-refractivity contribution in [3.8, 4) is 0 Å². The lowest BCUT2D eigenvalue weighted by molar-refractivity contribution is 0.102. The van der Waals surface area contributed by atoms with Crippen molar-refractivity contribution in [2.45, 2.75) is 33.6 Å². The van der Waals surface area contributed by atoms with Crippen LogP contribution in [-0.4, -0.2) is 15.9 Å². The third-order valence-electron chi connectivity index (χ3n) is 4.60. The molecule has 0 aliphatic carbocycles. The first kappa shape index (κ1) is 18.6. The summed E-state index contributed by atoms with van der Waals surface area (Å²) in [5.74, 6) is 0.561. The quantitative estimate of drug-likeness (QED) is 0.655. The number of amides is 1. The van der Waals surface area contributed by atoms with Crippen LogP contribution in [-0.2, 0) is 0 Å². The Balaban J connectivity index is 1.74. The molecular formula is C22H24N4O. The number of anilines is 3. The van der Waals surface area contributed by atoms with E-state index in [9.17, 15) is 4.79 Å². The predicted molar refractivity (Wildman–Crippen MR) is 110 cm³/mol. The number of para-hydroxylation sites is 1. The molecule has 5 nitrogen and oxygen atoms in total. The van der Waals surface area contributed by atoms with Gasteiger partial charge in [-0.2, -0.15) is 0 Å². The Labute approximate surface area is 159 Å². The van der Waals surface area contributed by atoms with E-state index in [2.05, 4.69) is 47.4 Å². The Morgan fingerprint density at radius 2 is 1.59 bits per heavy atom. The van der Waals surface area contributed by atoms with Crippen LogP contribution in [0.15, 0.2) is 54.9 Å². The zero-order valence-corrected chi connectivity index (χ0v) is 16.1. The fourth-order valence-electron chi connectivity index (χ4n) is 2.83. The molecule has 0 saturated heterocycles. The van der Waals surface area contributed by atoms with Gasteiger partial charge in [0.05, 0.1) is 5.56 Å². The summed E-state index contributed by atoms with van der Waals surface area (Å²) in [5, 5.41) is 6.15. The van der Waals surface area contributed by atoms with Crippen molar-refractivity contribution < 1.29 is 4.79 Å². The lowest BCUT2D eigenvalue weighted by Gasteiger charge is -2.13. The van der Waals surface area contributed by atoms with Gasteiger partial charge in [0.2, 0.25) is 5.95 Å². The highest BCUT2D eigenvalue weighted by Crippen LogP contribution is 2.24. The molecular weight excluding hydrogens is 336 g/mol. The Bertz CT molecular complexity index is 949. The molecule has 0 radical (unpaired) electrons. The summed E-state index contributed by atoms with van der Waals surface area (Å²) in [7, 11) is 0. The van der Waals surface area contributed by atoms with E-state index in [1.165, 1.54) is 18.0 Å². The highest BCUT2D eigenvalue weighted by Gasteiger charge is 2.12. The summed E-state index contributed by atoms with van der Waals surface area (Å²) in [6, 6.07) is 13.8. The van der Waals surface area contributed by atoms with Crippen LogP contribution in [0, 0.1) is 13.8 Å². The lowest BCUT2D eigenvalue weighted by atomic mass is 10.0. The topological polar surface area (TPSA) is 66.9 Å². The predicted octanol–water partition coefficient (Wildman–Crippen LogP) is 5.21. The maximum absolute atomic E-state index is 12.5. The summed E-state index contributed by atoms with van der Waals surface area (Å²) in [6.07, 6.45) is 3.07. The molecule has 0 fully saturated rings. The molecule has 0 bridgehead atoms. The van der Waals surface area contributed by atoms with Crippen molar-refractivity contribution in [1.82, 2.24) is 9.97 Å². The van der Waals surface area contributed by atoms with Crippen molar-refractivity contribution in [1.29, 1.82) is 0 Å². The van der Waals surface area contributed by atoms with Gasteiger partial charge >= 0.3 is 0 Å². The first-order valence-corrected chi connectivity index (χ1v) is 9.01. The van der Waals surface area contributed by atoms with Crippen LogP contribution in [0.1, 0.15) is 46.8 Å². The monoisotopic (exact) mass is 360 g/mol. The molecule has 27 heavy (non-hydrogen) atoms. The minimum atomic E-state index is -0.221. The number of hydrogen-bond donors (Lipinski definition) is 2. The Morgan fingerprint density at radius 1 is 0.926 bits per heavy atom. The molecule has 2 N–H and O–H groups in total. The molecule has 0 saturated carbocycles. The summed E-state index contributed by atoms with van der Waals surface area (Å²) in [4.78, 5) is 21.1. The first-order chi connectivity index (χ1) is 13.0. The summed E-state index contributed by atoms with van der Waals surface area (Å²) < 4.78 is 0. The zero-order valence-electron chi connectivity index (χ0n) is 16.1. The normalized spacial score (nSPS) is 10.7. The molecule has 2 aromatic carbocycles. The second-order valence-corrected chi connectivity index (χ2v) is 6.86. The summed E-state index contributed by atoms with van der Waals surface area (Å²) in [5.41, 5.74) is 5.63. The maximum Gasteiger partial charge on any atom is 0.258 e. The van der Waals surface area contributed by atoms with Crippen LogP contribution >= 0.6 is 0 Å². The van der Waals surface area contributed by atoms with Crippen LogP contribution in [0.2, 0.25) is 0 Å². The molecule has 1 aromatic heterocycles. The third-order valence-corrected chi connectivity index (χ3v) is 4.60. The average molecular weight is 360 g/mol. The van der Waals surface area contributed by atoms with E-state index in [1.807, 2.05) is 43.3 Å². The number of nitrogens with one attached hydrogen (secondary N) is 2. The number of aryl methyl sites for hydroxylation is 1. The van der Waals surface area contributed by atoms with Gasteiger partial charge in [0.25, 0.3) is 5.91 Å². The third kappa shape index (κ3) is 4.31. The molecule has 3 aromatic rings. The van der Waals surface area contributed by atoms with Gasteiger partial charge in [0.1, 0.15) is 0 Å². The molecule has 0 unspecified atom stereocenters. The standard InChI is InChI=1S/C22H24N4O/c1-14(2)18-9-5-6-10-20(18)25-21(27)17-12-23-22(24-13-17)26-19-11-7-8-15(3)16(19)4/h5-14H,1-4H3,(H,25,27)(H,23,24,26). The van der Waals surface area contributed by atoms with E-state index in [-0.39, 0.29) is 5.91 Å². The molecule has 0 spiro atoms. The molecule has 3 rings (SSSR count). The van der Waals surface area contributed by atoms with Crippen LogP contribution in [0.25, 0.3) is 0 Å². The fourth-order valence-corrected chi connectivity index (χ4v) is 2.83. The van der Waals surface area contributed by atoms with Crippen molar-refractivity contribution in [2.75, 3.05) is 10.6 Å². The largest absolute Gasteiger partial charge is 0.324 e. The van der Waals surface area contributed by atoms with Crippen LogP contribution < -0.4 is 10.6 Å². The number of nitrogens with zero attached hydrogens (tertiary/aromatic N) is 2. The minimum absolute atomic E-state index is 0.221. The second kappa shape index (κ2) is 7.99. The van der Waals surface area contributed by atoms with E-state index < -0.39 is 0 Å². The van der Waals surface area contributed by atoms with Gasteiger partial charge in [0.15, 0.2) is 0 Å². The van der Waals surface area contributed by atoms with E-state index >= 15 is 0 Å². The van der Waals surface area contributed by atoms with E-state index in [0.717, 1.165) is 22.5 Å². The Morgan fingerprint density at radius 3 is 2.30 bits per heavy atom. The Hall–Kier alpha value is -3.21. The highest BCUT2D eigenvalue weighted by molar-refractivity contribution is 6.04. The van der Waals surface area contributed by atoms with Crippen molar-refractivity contribution >= 4 is 23.2 Å². The number of aromatic nitrogens is 2. The van der Waals surface area contributed by atoms with Crippen LogP contribution in [0.3, 0.4) is 0 Å². The smallest absolute Gasteiger partial charge is 0.258 e. The molecule has 0 aliphatic heterocycles. The van der Waals surface area contributed by atoms with Gasteiger partial charge in [-0.15, -0.1) is 0 Å². The van der Waals surface area contributed by atoms with Gasteiger partial charge in [-0.05, 0) is 48.6 Å². The Kier molecular flexibility index (Phi) is 5.50. The molecule has 1 amide bonds. The van der Waals surface area contributed by atoms with Gasteiger partial charge in [-0.25, -0.2) is 9.97 Å². The molecule has 5 heteroatoms. The number of carbonyl (C=O) groups excluding carboxylic acids is 1. The van der Waals surface area contributed by atoms with Gasteiger partial charge in [-0.1, -0.05) is 44.2 Å². The van der Waals surface area contributed by atoms with Gasteiger partial charge < -0.3 is 10.6 Å². The minimum Gasteiger partial charge on any atom is -0.324 e. The first-order valence-electron chi connectivity index (χ1n) is 9.01. The van der Waals surface area contributed by atoms with E-state index in [1.54, 1.807) is 0 Å². The van der Waals surface area contributed by atoms with Gasteiger partial charge in [-0.3, -0.25) is 4.79 Å². The fraction of sp³-hybridized carbons (Fsp3) is 0.227. The molecule has 138 valence electrons. The molecule has 1 heterocycles. The van der Waals surface area contributed by atoms with Crippen LogP contribution in [0.5, 0.6) is 0 Å². The number of carbonyl (C=O) groups is 1. The van der Waals surface area contributed by atoms with E-state index in [4.69, 9.17) is 0 Å².